The van der Waals surface area contributed by atoms with Crippen LogP contribution in [0.3, 0.4) is 0 Å². The number of hydrogen-bond donors (Lipinski definition) is 1. The maximum Gasteiger partial charge on any atom is 0.362 e. The van der Waals surface area contributed by atoms with Crippen LogP contribution in [-0.4, -0.2) is 80.6 Å². The second kappa shape index (κ2) is 36.8. The number of allylic oxidation sites excluding steroid dienone is 4. The largest absolute Gasteiger partial charge is 0.477 e. The zero-order valence-electron chi connectivity index (χ0n) is 35.2. The summed E-state index contributed by atoms with van der Waals surface area (Å²) < 4.78 is 17.1. The molecule has 0 aromatic heterocycles. The number of nitrogens with zero attached hydrogens (tertiary/aromatic N) is 1. The molecular formula is C45H84NO7+. The molecule has 2 unspecified atom stereocenters. The molecule has 0 spiro atoms. The van der Waals surface area contributed by atoms with E-state index in [2.05, 4.69) is 32.1 Å². The molecule has 8 nitrogen and oxygen atoms in total. The Balaban J connectivity index is 4.13. The van der Waals surface area contributed by atoms with Gasteiger partial charge in [-0.3, -0.25) is 9.59 Å². The molecule has 0 aliphatic heterocycles. The maximum atomic E-state index is 12.5. The van der Waals surface area contributed by atoms with Gasteiger partial charge in [-0.05, 0) is 51.4 Å². The third-order valence-electron chi connectivity index (χ3n) is 9.84. The van der Waals surface area contributed by atoms with Crippen LogP contribution in [0.15, 0.2) is 24.3 Å². The number of aliphatic carboxylic acids is 1. The third-order valence-corrected chi connectivity index (χ3v) is 9.84. The van der Waals surface area contributed by atoms with Crippen molar-refractivity contribution in [1.29, 1.82) is 0 Å². The quantitative estimate of drug-likeness (QED) is 0.0289. The number of likely N-dealkylation sites (N-methyl/N-ethyl adjacent to an activating group) is 1. The molecule has 310 valence electrons. The molecule has 0 saturated heterocycles. The summed E-state index contributed by atoms with van der Waals surface area (Å²) in [5.74, 6) is -1.54. The summed E-state index contributed by atoms with van der Waals surface area (Å²) >= 11 is 0. The Kier molecular flexibility index (Phi) is 35.2. The standard InChI is InChI=1S/C45H83NO7/c1-6-8-10-12-14-15-16-17-18-19-20-21-22-23-24-25-26-27-28-30-31-33-35-43(47)52-40-41(39-51-38-37-42(45(49)50)46(3,4)5)53-44(48)36-34-32-29-13-11-9-7-2/h22-23,29,32,41-42H,6-21,24-28,30-31,33-40H2,1-5H3/p+1/b23-22+,32-29+. The van der Waals surface area contributed by atoms with E-state index in [1.807, 2.05) is 27.2 Å². The second-order valence-corrected chi connectivity index (χ2v) is 15.9. The van der Waals surface area contributed by atoms with Crippen molar-refractivity contribution >= 4 is 17.9 Å². The second-order valence-electron chi connectivity index (χ2n) is 15.9. The normalized spacial score (nSPS) is 13.2. The van der Waals surface area contributed by atoms with Gasteiger partial charge in [-0.25, -0.2) is 4.79 Å². The van der Waals surface area contributed by atoms with E-state index in [9.17, 15) is 19.5 Å². The molecule has 0 amide bonds. The average Bonchev–Trinajstić information content (AvgIpc) is 3.11. The zero-order chi connectivity index (χ0) is 39.3. The van der Waals surface area contributed by atoms with Crippen molar-refractivity contribution in [3.8, 4) is 0 Å². The topological polar surface area (TPSA) is 99.1 Å². The molecule has 0 bridgehead atoms. The summed E-state index contributed by atoms with van der Waals surface area (Å²) in [4.78, 5) is 36.7. The SMILES string of the molecule is CCCCC/C=C/CCC(=O)OC(COCCC(C(=O)O)[N+](C)(C)C)COC(=O)CCCCCCCCC/C=C/CCCCCCCCCCCCC. The molecule has 2 atom stereocenters. The highest BCUT2D eigenvalue weighted by atomic mass is 16.6. The number of esters is 2. The first-order valence-corrected chi connectivity index (χ1v) is 21.9. The van der Waals surface area contributed by atoms with Gasteiger partial charge in [0, 0.05) is 19.3 Å². The molecule has 0 fully saturated rings. The molecule has 0 aromatic carbocycles. The van der Waals surface area contributed by atoms with Crippen molar-refractivity contribution in [2.75, 3.05) is 41.0 Å². The van der Waals surface area contributed by atoms with Crippen LogP contribution in [0.5, 0.6) is 0 Å². The number of carbonyl (C=O) groups is 3. The number of hydrogen-bond acceptors (Lipinski definition) is 6. The fourth-order valence-electron chi connectivity index (χ4n) is 6.40. The smallest absolute Gasteiger partial charge is 0.362 e. The van der Waals surface area contributed by atoms with E-state index in [1.165, 1.54) is 122 Å². The molecule has 8 heteroatoms. The van der Waals surface area contributed by atoms with E-state index >= 15 is 0 Å². The summed E-state index contributed by atoms with van der Waals surface area (Å²) in [6, 6.07) is -0.617. The predicted octanol–water partition coefficient (Wildman–Crippen LogP) is 11.7. The van der Waals surface area contributed by atoms with E-state index in [0.29, 0.717) is 19.3 Å². The van der Waals surface area contributed by atoms with Crippen LogP contribution >= 0.6 is 0 Å². The molecule has 0 aliphatic carbocycles. The van der Waals surface area contributed by atoms with Gasteiger partial charge in [-0.1, -0.05) is 147 Å². The molecule has 0 rings (SSSR count). The molecule has 1 N–H and O–H groups in total. The monoisotopic (exact) mass is 751 g/mol. The minimum atomic E-state index is -0.881. The average molecular weight is 751 g/mol. The van der Waals surface area contributed by atoms with Gasteiger partial charge < -0.3 is 23.8 Å². The first-order chi connectivity index (χ1) is 25.6. The Morgan fingerprint density at radius 2 is 0.981 bits per heavy atom. The van der Waals surface area contributed by atoms with E-state index in [1.54, 1.807) is 0 Å². The molecule has 0 aromatic rings. The number of ether oxygens (including phenoxy) is 3. The van der Waals surface area contributed by atoms with Crippen molar-refractivity contribution in [3.63, 3.8) is 0 Å². The van der Waals surface area contributed by atoms with Gasteiger partial charge in [0.25, 0.3) is 0 Å². The summed E-state index contributed by atoms with van der Waals surface area (Å²) in [6.45, 7) is 4.63. The third kappa shape index (κ3) is 35.3. The molecule has 0 aliphatic rings. The van der Waals surface area contributed by atoms with Crippen LogP contribution in [0.25, 0.3) is 0 Å². The molecular weight excluding hydrogens is 666 g/mol. The fraction of sp³-hybridized carbons (Fsp3) is 0.844. The number of carboxylic acid groups (broad SMARTS) is 1. The number of quaternary nitrogens is 1. The summed E-state index contributed by atoms with van der Waals surface area (Å²) in [5, 5.41) is 9.58. The van der Waals surface area contributed by atoms with Crippen molar-refractivity contribution in [1.82, 2.24) is 0 Å². The molecule has 0 heterocycles. The van der Waals surface area contributed by atoms with Crippen molar-refractivity contribution in [2.24, 2.45) is 0 Å². The summed E-state index contributed by atoms with van der Waals surface area (Å²) in [7, 11) is 5.50. The highest BCUT2D eigenvalue weighted by Crippen LogP contribution is 2.14. The molecule has 53 heavy (non-hydrogen) atoms. The van der Waals surface area contributed by atoms with Crippen LogP contribution < -0.4 is 0 Å². The van der Waals surface area contributed by atoms with Gasteiger partial charge in [-0.2, -0.15) is 0 Å². The van der Waals surface area contributed by atoms with Gasteiger partial charge in [-0.15, -0.1) is 0 Å². The lowest BCUT2D eigenvalue weighted by molar-refractivity contribution is -0.887. The number of carboxylic acids is 1. The van der Waals surface area contributed by atoms with E-state index < -0.39 is 18.1 Å². The van der Waals surface area contributed by atoms with E-state index in [4.69, 9.17) is 14.2 Å². The zero-order valence-corrected chi connectivity index (χ0v) is 35.2. The van der Waals surface area contributed by atoms with Crippen molar-refractivity contribution < 1.29 is 38.2 Å². The summed E-state index contributed by atoms with van der Waals surface area (Å²) in [5.41, 5.74) is 0. The first-order valence-electron chi connectivity index (χ1n) is 21.9. The fourth-order valence-corrected chi connectivity index (χ4v) is 6.40. The van der Waals surface area contributed by atoms with E-state index in [0.717, 1.165) is 32.1 Å². The molecule has 0 saturated carbocycles. The van der Waals surface area contributed by atoms with Gasteiger partial charge in [0.15, 0.2) is 12.1 Å². The van der Waals surface area contributed by atoms with Gasteiger partial charge in [0.05, 0.1) is 34.4 Å². The highest BCUT2D eigenvalue weighted by molar-refractivity contribution is 5.72. The maximum absolute atomic E-state index is 12.5. The lowest BCUT2D eigenvalue weighted by Gasteiger charge is -2.31. The number of unbranched alkanes of at least 4 members (excludes halogenated alkanes) is 21. The lowest BCUT2D eigenvalue weighted by Crippen LogP contribution is -2.50. The van der Waals surface area contributed by atoms with E-state index in [-0.39, 0.29) is 42.7 Å². The van der Waals surface area contributed by atoms with Crippen LogP contribution in [-0.2, 0) is 28.6 Å². The Morgan fingerprint density at radius 3 is 1.47 bits per heavy atom. The predicted molar refractivity (Wildman–Crippen MR) is 220 cm³/mol. The van der Waals surface area contributed by atoms with Gasteiger partial charge in [0.2, 0.25) is 0 Å². The van der Waals surface area contributed by atoms with Gasteiger partial charge in [0.1, 0.15) is 6.61 Å². The van der Waals surface area contributed by atoms with Gasteiger partial charge >= 0.3 is 17.9 Å². The first kappa shape index (κ1) is 50.8. The minimum absolute atomic E-state index is 0.0462. The Bertz CT molecular complexity index is 926. The minimum Gasteiger partial charge on any atom is -0.477 e. The number of carbonyl (C=O) groups excluding carboxylic acids is 2. The van der Waals surface area contributed by atoms with Crippen molar-refractivity contribution in [3.05, 3.63) is 24.3 Å². The highest BCUT2D eigenvalue weighted by Gasteiger charge is 2.31. The lowest BCUT2D eigenvalue weighted by atomic mass is 10.0. The molecule has 0 radical (unpaired) electrons. The van der Waals surface area contributed by atoms with Crippen LogP contribution in [0, 0.1) is 0 Å². The van der Waals surface area contributed by atoms with Crippen LogP contribution in [0.1, 0.15) is 194 Å². The number of rotatable bonds is 39. The Hall–Kier alpha value is -2.19. The summed E-state index contributed by atoms with van der Waals surface area (Å²) in [6.07, 6.45) is 39.8. The van der Waals surface area contributed by atoms with Crippen LogP contribution in [0.4, 0.5) is 0 Å². The van der Waals surface area contributed by atoms with Crippen LogP contribution in [0.2, 0.25) is 0 Å². The van der Waals surface area contributed by atoms with Crippen molar-refractivity contribution in [2.45, 2.75) is 206 Å². The Morgan fingerprint density at radius 1 is 0.547 bits per heavy atom. The Labute approximate surface area is 326 Å².